The Balaban J connectivity index is 1.52. The molecule has 4 rings (SSSR count). The van der Waals surface area contributed by atoms with E-state index in [0.717, 1.165) is 22.9 Å². The summed E-state index contributed by atoms with van der Waals surface area (Å²) in [5.41, 5.74) is 2.56. The molecule has 0 spiro atoms. The van der Waals surface area contributed by atoms with E-state index in [-0.39, 0.29) is 11.7 Å². The first-order chi connectivity index (χ1) is 15.1. The molecule has 0 bridgehead atoms. The highest BCUT2D eigenvalue weighted by Gasteiger charge is 2.17. The number of nitrogens with one attached hydrogen (secondary N) is 1. The topological polar surface area (TPSA) is 75.9 Å². The van der Waals surface area contributed by atoms with Crippen LogP contribution in [0.25, 0.3) is 17.1 Å². The lowest BCUT2D eigenvalue weighted by Gasteiger charge is -2.12. The lowest BCUT2D eigenvalue weighted by atomic mass is 10.2. The molecule has 2 heterocycles. The van der Waals surface area contributed by atoms with Crippen molar-refractivity contribution in [1.29, 1.82) is 0 Å². The third kappa shape index (κ3) is 4.92. The number of hydrogen-bond acceptors (Lipinski definition) is 6. The molecule has 0 aliphatic heterocycles. The third-order valence-corrected chi connectivity index (χ3v) is 5.43. The number of aromatic nitrogens is 4. The summed E-state index contributed by atoms with van der Waals surface area (Å²) in [6, 6.07) is 23.5. The standard InChI is InChI=1S/C23H22N6OS/c1-28(2)20-14-13-18(15-24-20)25-21(30)16-31-23-27-26-22(17-9-5-3-6-10-17)29(23)19-11-7-4-8-12-19/h3-15H,16H2,1-2H3,(H,25,30). The molecular formula is C23H22N6OS. The second kappa shape index (κ2) is 9.44. The molecule has 0 saturated carbocycles. The zero-order valence-electron chi connectivity index (χ0n) is 17.3. The summed E-state index contributed by atoms with van der Waals surface area (Å²) >= 11 is 1.34. The Kier molecular flexibility index (Phi) is 6.28. The molecule has 7 nitrogen and oxygen atoms in total. The third-order valence-electron chi connectivity index (χ3n) is 4.50. The van der Waals surface area contributed by atoms with Crippen LogP contribution >= 0.6 is 11.8 Å². The summed E-state index contributed by atoms with van der Waals surface area (Å²) < 4.78 is 1.97. The van der Waals surface area contributed by atoms with Crippen molar-refractivity contribution in [3.8, 4) is 17.1 Å². The zero-order chi connectivity index (χ0) is 21.6. The summed E-state index contributed by atoms with van der Waals surface area (Å²) in [4.78, 5) is 18.7. The Morgan fingerprint density at radius 2 is 1.68 bits per heavy atom. The van der Waals surface area contributed by atoms with Gasteiger partial charge in [0.1, 0.15) is 5.82 Å². The van der Waals surface area contributed by atoms with E-state index in [0.29, 0.717) is 10.8 Å². The van der Waals surface area contributed by atoms with Crippen LogP contribution in [0.2, 0.25) is 0 Å². The van der Waals surface area contributed by atoms with Crippen LogP contribution in [0.15, 0.2) is 84.1 Å². The quantitative estimate of drug-likeness (QED) is 0.445. The predicted octanol–water partition coefficient (Wildman–Crippen LogP) is 4.13. The number of pyridine rings is 1. The van der Waals surface area contributed by atoms with Gasteiger partial charge in [0.25, 0.3) is 0 Å². The van der Waals surface area contributed by atoms with Crippen molar-refractivity contribution in [3.05, 3.63) is 79.0 Å². The van der Waals surface area contributed by atoms with Crippen molar-refractivity contribution in [1.82, 2.24) is 19.7 Å². The molecule has 1 N–H and O–H groups in total. The predicted molar refractivity (Wildman–Crippen MR) is 125 cm³/mol. The van der Waals surface area contributed by atoms with Crippen molar-refractivity contribution in [2.45, 2.75) is 5.16 Å². The summed E-state index contributed by atoms with van der Waals surface area (Å²) in [6.45, 7) is 0. The number of para-hydroxylation sites is 1. The molecule has 8 heteroatoms. The van der Waals surface area contributed by atoms with Crippen molar-refractivity contribution in [3.63, 3.8) is 0 Å². The Labute approximate surface area is 185 Å². The van der Waals surface area contributed by atoms with Crippen LogP contribution in [0.5, 0.6) is 0 Å². The smallest absolute Gasteiger partial charge is 0.234 e. The number of amides is 1. The number of benzene rings is 2. The maximum Gasteiger partial charge on any atom is 0.234 e. The van der Waals surface area contributed by atoms with Gasteiger partial charge < -0.3 is 10.2 Å². The number of anilines is 2. The van der Waals surface area contributed by atoms with E-state index in [1.807, 2.05) is 96.4 Å². The lowest BCUT2D eigenvalue weighted by molar-refractivity contribution is -0.113. The highest BCUT2D eigenvalue weighted by Crippen LogP contribution is 2.28. The maximum absolute atomic E-state index is 12.5. The van der Waals surface area contributed by atoms with E-state index in [1.54, 1.807) is 6.20 Å². The number of carbonyl (C=O) groups is 1. The molecular weight excluding hydrogens is 408 g/mol. The summed E-state index contributed by atoms with van der Waals surface area (Å²) in [5.74, 6) is 1.64. The maximum atomic E-state index is 12.5. The second-order valence-corrected chi connectivity index (χ2v) is 7.92. The minimum atomic E-state index is -0.131. The van der Waals surface area contributed by atoms with Crippen LogP contribution in [0.1, 0.15) is 0 Å². The van der Waals surface area contributed by atoms with E-state index < -0.39 is 0 Å². The number of hydrogen-bond donors (Lipinski definition) is 1. The normalized spacial score (nSPS) is 10.6. The minimum absolute atomic E-state index is 0.131. The Bertz CT molecular complexity index is 1140. The van der Waals surface area contributed by atoms with Crippen LogP contribution < -0.4 is 10.2 Å². The van der Waals surface area contributed by atoms with Gasteiger partial charge in [-0.05, 0) is 24.3 Å². The first kappa shape index (κ1) is 20.6. The van der Waals surface area contributed by atoms with Crippen LogP contribution in [-0.4, -0.2) is 45.5 Å². The first-order valence-electron chi connectivity index (χ1n) is 9.74. The molecule has 0 aliphatic carbocycles. The van der Waals surface area contributed by atoms with E-state index in [2.05, 4.69) is 20.5 Å². The molecule has 0 unspecified atom stereocenters. The van der Waals surface area contributed by atoms with E-state index in [9.17, 15) is 4.79 Å². The minimum Gasteiger partial charge on any atom is -0.363 e. The molecule has 156 valence electrons. The fraction of sp³-hybridized carbons (Fsp3) is 0.130. The Hall–Kier alpha value is -3.65. The molecule has 2 aromatic heterocycles. The molecule has 0 atom stereocenters. The fourth-order valence-electron chi connectivity index (χ4n) is 3.00. The molecule has 0 aliphatic rings. The summed E-state index contributed by atoms with van der Waals surface area (Å²) in [7, 11) is 3.84. The number of nitrogens with zero attached hydrogens (tertiary/aromatic N) is 5. The highest BCUT2D eigenvalue weighted by molar-refractivity contribution is 7.99. The van der Waals surface area contributed by atoms with Crippen LogP contribution in [0.3, 0.4) is 0 Å². The van der Waals surface area contributed by atoms with Crippen LogP contribution in [0, 0.1) is 0 Å². The van der Waals surface area contributed by atoms with Gasteiger partial charge in [0.05, 0.1) is 17.6 Å². The van der Waals surface area contributed by atoms with Crippen molar-refractivity contribution in [2.75, 3.05) is 30.1 Å². The highest BCUT2D eigenvalue weighted by atomic mass is 32.2. The van der Waals surface area contributed by atoms with E-state index in [1.165, 1.54) is 11.8 Å². The summed E-state index contributed by atoms with van der Waals surface area (Å²) in [5, 5.41) is 12.3. The van der Waals surface area contributed by atoms with Gasteiger partial charge in [-0.3, -0.25) is 9.36 Å². The van der Waals surface area contributed by atoms with Gasteiger partial charge in [-0.15, -0.1) is 10.2 Å². The van der Waals surface area contributed by atoms with Crippen molar-refractivity contribution in [2.24, 2.45) is 0 Å². The average Bonchev–Trinajstić information content (AvgIpc) is 3.23. The molecule has 31 heavy (non-hydrogen) atoms. The Morgan fingerprint density at radius 3 is 2.32 bits per heavy atom. The van der Waals surface area contributed by atoms with E-state index in [4.69, 9.17) is 0 Å². The van der Waals surface area contributed by atoms with Gasteiger partial charge in [-0.25, -0.2) is 4.98 Å². The molecule has 4 aromatic rings. The van der Waals surface area contributed by atoms with Crippen molar-refractivity contribution < 1.29 is 4.79 Å². The SMILES string of the molecule is CN(C)c1ccc(NC(=O)CSc2nnc(-c3ccccc3)n2-c2ccccc2)cn1. The Morgan fingerprint density at radius 1 is 0.968 bits per heavy atom. The largest absolute Gasteiger partial charge is 0.363 e. The number of thioether (sulfide) groups is 1. The van der Waals surface area contributed by atoms with Crippen LogP contribution in [0.4, 0.5) is 11.5 Å². The van der Waals surface area contributed by atoms with Gasteiger partial charge >= 0.3 is 0 Å². The monoisotopic (exact) mass is 430 g/mol. The van der Waals surface area contributed by atoms with Gasteiger partial charge in [0.15, 0.2) is 11.0 Å². The molecule has 1 amide bonds. The molecule has 0 fully saturated rings. The fourth-order valence-corrected chi connectivity index (χ4v) is 3.75. The van der Waals surface area contributed by atoms with Gasteiger partial charge in [-0.2, -0.15) is 0 Å². The number of carbonyl (C=O) groups excluding carboxylic acids is 1. The molecule has 2 aromatic carbocycles. The first-order valence-corrected chi connectivity index (χ1v) is 10.7. The molecule has 0 saturated heterocycles. The number of rotatable bonds is 7. The van der Waals surface area contributed by atoms with Gasteiger partial charge in [0.2, 0.25) is 5.91 Å². The van der Waals surface area contributed by atoms with Gasteiger partial charge in [0, 0.05) is 25.3 Å². The lowest BCUT2D eigenvalue weighted by Crippen LogP contribution is -2.15. The second-order valence-electron chi connectivity index (χ2n) is 6.98. The molecule has 0 radical (unpaired) electrons. The van der Waals surface area contributed by atoms with Crippen molar-refractivity contribution >= 4 is 29.2 Å². The summed E-state index contributed by atoms with van der Waals surface area (Å²) in [6.07, 6.45) is 1.65. The average molecular weight is 431 g/mol. The van der Waals surface area contributed by atoms with Gasteiger partial charge in [-0.1, -0.05) is 60.3 Å². The van der Waals surface area contributed by atoms with E-state index >= 15 is 0 Å². The zero-order valence-corrected chi connectivity index (χ0v) is 18.1. The van der Waals surface area contributed by atoms with Crippen LogP contribution in [-0.2, 0) is 4.79 Å².